The van der Waals surface area contributed by atoms with Crippen molar-refractivity contribution in [1.82, 2.24) is 4.98 Å². The summed E-state index contributed by atoms with van der Waals surface area (Å²) in [6, 6.07) is 20.9. The molecule has 2 aromatic carbocycles. The molecular weight excluding hydrogens is 294 g/mol. The molecule has 1 atom stereocenters. The molecule has 0 bridgehead atoms. The largest absolute Gasteiger partial charge is 0.380 e. The summed E-state index contributed by atoms with van der Waals surface area (Å²) in [6.07, 6.45) is 3.96. The first-order valence-corrected chi connectivity index (χ1v) is 7.49. The van der Waals surface area contributed by atoms with Crippen LogP contribution in [0.3, 0.4) is 0 Å². The quantitative estimate of drug-likeness (QED) is 0.783. The van der Waals surface area contributed by atoms with Gasteiger partial charge in [-0.2, -0.15) is 0 Å². The predicted octanol–water partition coefficient (Wildman–Crippen LogP) is 4.21. The number of hydrogen-bond acceptors (Lipinski definition) is 2. The molecule has 0 fully saturated rings. The lowest BCUT2D eigenvalue weighted by atomic mass is 9.81. The molecule has 1 N–H and O–H groups in total. The summed E-state index contributed by atoms with van der Waals surface area (Å²) in [6.45, 7) is 0. The van der Waals surface area contributed by atoms with Gasteiger partial charge in [-0.3, -0.25) is 4.98 Å². The highest BCUT2D eigenvalue weighted by Gasteiger charge is 2.31. The van der Waals surface area contributed by atoms with Gasteiger partial charge in [-0.05, 0) is 34.9 Å². The fourth-order valence-corrected chi connectivity index (χ4v) is 2.73. The summed E-state index contributed by atoms with van der Waals surface area (Å²) < 4.78 is 0. The molecule has 22 heavy (non-hydrogen) atoms. The van der Waals surface area contributed by atoms with E-state index in [9.17, 15) is 5.11 Å². The standard InChI is InChI=1S/C19H16ClNO/c20-18-10-8-17(9-11-18)19(22,16-6-2-1-3-7-16)13-15-5-4-12-21-14-15/h1-12,14,22H,13H2. The molecule has 1 unspecified atom stereocenters. The molecule has 3 heteroatoms. The van der Waals surface area contributed by atoms with E-state index >= 15 is 0 Å². The van der Waals surface area contributed by atoms with Crippen molar-refractivity contribution >= 4 is 11.6 Å². The van der Waals surface area contributed by atoms with E-state index in [1.165, 1.54) is 0 Å². The topological polar surface area (TPSA) is 33.1 Å². The second kappa shape index (κ2) is 6.30. The lowest BCUT2D eigenvalue weighted by Gasteiger charge is -2.29. The normalized spacial score (nSPS) is 13.5. The SMILES string of the molecule is OC(Cc1cccnc1)(c1ccccc1)c1ccc(Cl)cc1. The van der Waals surface area contributed by atoms with E-state index in [1.807, 2.05) is 54.6 Å². The second-order valence-corrected chi connectivity index (χ2v) is 5.71. The van der Waals surface area contributed by atoms with Gasteiger partial charge in [0.2, 0.25) is 0 Å². The number of aliphatic hydroxyl groups is 1. The maximum absolute atomic E-state index is 11.4. The van der Waals surface area contributed by atoms with E-state index in [0.717, 1.165) is 16.7 Å². The Morgan fingerprint density at radius 3 is 2.18 bits per heavy atom. The third-order valence-corrected chi connectivity index (χ3v) is 4.01. The van der Waals surface area contributed by atoms with Crippen molar-refractivity contribution in [2.75, 3.05) is 0 Å². The van der Waals surface area contributed by atoms with Crippen molar-refractivity contribution in [3.63, 3.8) is 0 Å². The minimum absolute atomic E-state index is 0.451. The summed E-state index contributed by atoms with van der Waals surface area (Å²) in [5.74, 6) is 0. The Hall–Kier alpha value is -2.16. The first-order valence-electron chi connectivity index (χ1n) is 7.11. The number of aromatic nitrogens is 1. The Labute approximate surface area is 135 Å². The van der Waals surface area contributed by atoms with Gasteiger partial charge < -0.3 is 5.11 Å². The average Bonchev–Trinajstić information content (AvgIpc) is 2.57. The Balaban J connectivity index is 2.07. The van der Waals surface area contributed by atoms with Crippen LogP contribution in [0.25, 0.3) is 0 Å². The number of hydrogen-bond donors (Lipinski definition) is 1. The monoisotopic (exact) mass is 309 g/mol. The van der Waals surface area contributed by atoms with Crippen LogP contribution in [0.15, 0.2) is 79.1 Å². The van der Waals surface area contributed by atoms with Crippen LogP contribution in [0.2, 0.25) is 5.02 Å². The molecule has 0 saturated heterocycles. The fourth-order valence-electron chi connectivity index (χ4n) is 2.61. The minimum atomic E-state index is -1.12. The summed E-state index contributed by atoms with van der Waals surface area (Å²) >= 11 is 5.98. The molecule has 0 aliphatic rings. The van der Waals surface area contributed by atoms with Crippen LogP contribution in [0, 0.1) is 0 Å². The fraction of sp³-hybridized carbons (Fsp3) is 0.105. The summed E-state index contributed by atoms with van der Waals surface area (Å²) in [7, 11) is 0. The summed E-state index contributed by atoms with van der Waals surface area (Å²) in [5.41, 5.74) is 1.52. The number of benzene rings is 2. The third kappa shape index (κ3) is 3.03. The molecule has 2 nitrogen and oxygen atoms in total. The highest BCUT2D eigenvalue weighted by Crippen LogP contribution is 2.33. The zero-order valence-electron chi connectivity index (χ0n) is 12.0. The van der Waals surface area contributed by atoms with Crippen molar-refractivity contribution in [2.45, 2.75) is 12.0 Å². The van der Waals surface area contributed by atoms with Gasteiger partial charge in [0.05, 0.1) is 0 Å². The summed E-state index contributed by atoms with van der Waals surface area (Å²) in [5, 5.41) is 12.1. The van der Waals surface area contributed by atoms with Gasteiger partial charge in [0.1, 0.15) is 5.60 Å². The van der Waals surface area contributed by atoms with E-state index in [-0.39, 0.29) is 0 Å². The maximum Gasteiger partial charge on any atom is 0.119 e. The third-order valence-electron chi connectivity index (χ3n) is 3.76. The molecule has 0 aliphatic heterocycles. The maximum atomic E-state index is 11.4. The first-order chi connectivity index (χ1) is 10.7. The Morgan fingerprint density at radius 2 is 1.55 bits per heavy atom. The van der Waals surface area contributed by atoms with Crippen LogP contribution in [0.5, 0.6) is 0 Å². The molecule has 0 spiro atoms. The Bertz CT molecular complexity index is 728. The van der Waals surface area contributed by atoms with Gasteiger partial charge in [0, 0.05) is 23.8 Å². The van der Waals surface area contributed by atoms with Gasteiger partial charge in [0.25, 0.3) is 0 Å². The smallest absolute Gasteiger partial charge is 0.119 e. The number of halogens is 1. The van der Waals surface area contributed by atoms with E-state index in [1.54, 1.807) is 24.5 Å². The van der Waals surface area contributed by atoms with Crippen molar-refractivity contribution < 1.29 is 5.11 Å². The van der Waals surface area contributed by atoms with Crippen LogP contribution < -0.4 is 0 Å². The number of nitrogens with zero attached hydrogens (tertiary/aromatic N) is 1. The second-order valence-electron chi connectivity index (χ2n) is 5.27. The Morgan fingerprint density at radius 1 is 0.864 bits per heavy atom. The van der Waals surface area contributed by atoms with E-state index in [2.05, 4.69) is 4.98 Å². The molecule has 3 rings (SSSR count). The lowest BCUT2D eigenvalue weighted by molar-refractivity contribution is 0.0810. The first kappa shape index (κ1) is 14.8. The van der Waals surface area contributed by atoms with Gasteiger partial charge in [-0.1, -0.05) is 60.1 Å². The number of pyridine rings is 1. The van der Waals surface area contributed by atoms with Crippen LogP contribution >= 0.6 is 11.6 Å². The van der Waals surface area contributed by atoms with Gasteiger partial charge in [-0.15, -0.1) is 0 Å². The highest BCUT2D eigenvalue weighted by molar-refractivity contribution is 6.30. The molecule has 0 saturated carbocycles. The summed E-state index contributed by atoms with van der Waals surface area (Å²) in [4.78, 5) is 4.14. The molecule has 3 aromatic rings. The molecule has 1 aromatic heterocycles. The molecular formula is C19H16ClNO. The molecule has 1 heterocycles. The van der Waals surface area contributed by atoms with Crippen molar-refractivity contribution in [3.05, 3.63) is 101 Å². The predicted molar refractivity (Wildman–Crippen MR) is 88.8 cm³/mol. The van der Waals surface area contributed by atoms with E-state index in [4.69, 9.17) is 11.6 Å². The van der Waals surface area contributed by atoms with E-state index in [0.29, 0.717) is 11.4 Å². The van der Waals surface area contributed by atoms with Gasteiger partial charge in [0.15, 0.2) is 0 Å². The molecule has 0 amide bonds. The minimum Gasteiger partial charge on any atom is -0.380 e. The van der Waals surface area contributed by atoms with E-state index < -0.39 is 5.60 Å². The number of rotatable bonds is 4. The zero-order valence-corrected chi connectivity index (χ0v) is 12.7. The van der Waals surface area contributed by atoms with Gasteiger partial charge in [-0.25, -0.2) is 0 Å². The molecule has 0 aliphatic carbocycles. The van der Waals surface area contributed by atoms with Crippen LogP contribution in [-0.4, -0.2) is 10.1 Å². The molecule has 110 valence electrons. The van der Waals surface area contributed by atoms with Gasteiger partial charge >= 0.3 is 0 Å². The van der Waals surface area contributed by atoms with Crippen LogP contribution in [-0.2, 0) is 12.0 Å². The van der Waals surface area contributed by atoms with Crippen molar-refractivity contribution in [3.8, 4) is 0 Å². The van der Waals surface area contributed by atoms with Crippen molar-refractivity contribution in [2.24, 2.45) is 0 Å². The lowest BCUT2D eigenvalue weighted by Crippen LogP contribution is -2.30. The van der Waals surface area contributed by atoms with Crippen LogP contribution in [0.1, 0.15) is 16.7 Å². The zero-order chi connectivity index (χ0) is 15.4. The highest BCUT2D eigenvalue weighted by atomic mass is 35.5. The van der Waals surface area contributed by atoms with Crippen LogP contribution in [0.4, 0.5) is 0 Å². The molecule has 0 radical (unpaired) electrons. The Kier molecular flexibility index (Phi) is 4.23. The van der Waals surface area contributed by atoms with Crippen molar-refractivity contribution in [1.29, 1.82) is 0 Å². The average molecular weight is 310 g/mol.